The maximum Gasteiger partial charge on any atom is 0.339 e. The molecule has 0 N–H and O–H groups in total. The van der Waals surface area contributed by atoms with Crippen LogP contribution in [0.1, 0.15) is 58.4 Å². The second-order valence-electron chi connectivity index (χ2n) is 11.2. The number of benzene rings is 4. The van der Waals surface area contributed by atoms with Gasteiger partial charge in [0.1, 0.15) is 21.3 Å². The Labute approximate surface area is 244 Å². The van der Waals surface area contributed by atoms with E-state index in [2.05, 4.69) is 0 Å². The summed E-state index contributed by atoms with van der Waals surface area (Å²) in [6.45, 7) is 15.0. The fourth-order valence-corrected chi connectivity index (χ4v) is 6.94. The molecule has 4 rings (SSSR count). The van der Waals surface area contributed by atoms with E-state index in [-0.39, 0.29) is 21.3 Å². The number of aryl methyl sites for hydroxylation is 6. The van der Waals surface area contributed by atoms with Crippen LogP contribution in [0.15, 0.2) is 82.6 Å². The first-order valence-electron chi connectivity index (χ1n) is 13.3. The van der Waals surface area contributed by atoms with Crippen LogP contribution < -0.4 is 8.37 Å². The van der Waals surface area contributed by atoms with Crippen LogP contribution in [0.5, 0.6) is 11.5 Å². The molecule has 0 aromatic heterocycles. The smallest absolute Gasteiger partial charge is 0.339 e. The van der Waals surface area contributed by atoms with Crippen LogP contribution in [0.2, 0.25) is 0 Å². The van der Waals surface area contributed by atoms with Gasteiger partial charge in [-0.15, -0.1) is 0 Å². The molecule has 0 saturated carbocycles. The Morgan fingerprint density at radius 2 is 0.805 bits per heavy atom. The van der Waals surface area contributed by atoms with E-state index in [0.29, 0.717) is 22.3 Å². The maximum atomic E-state index is 13.4. The van der Waals surface area contributed by atoms with Crippen molar-refractivity contribution in [3.63, 3.8) is 0 Å². The lowest BCUT2D eigenvalue weighted by Crippen LogP contribution is -2.25. The maximum absolute atomic E-state index is 13.4. The van der Waals surface area contributed by atoms with Crippen molar-refractivity contribution in [2.24, 2.45) is 0 Å². The van der Waals surface area contributed by atoms with Crippen molar-refractivity contribution in [2.75, 3.05) is 0 Å². The third-order valence-electron chi connectivity index (χ3n) is 7.19. The molecule has 0 amide bonds. The zero-order valence-electron chi connectivity index (χ0n) is 24.7. The third kappa shape index (κ3) is 6.34. The predicted molar refractivity (Wildman–Crippen MR) is 162 cm³/mol. The summed E-state index contributed by atoms with van der Waals surface area (Å²) in [6, 6.07) is 20.4. The lowest BCUT2D eigenvalue weighted by atomic mass is 9.75. The summed E-state index contributed by atoms with van der Waals surface area (Å²) >= 11 is 0. The molecule has 0 bridgehead atoms. The van der Waals surface area contributed by atoms with Gasteiger partial charge in [0, 0.05) is 16.5 Å². The molecule has 4 aromatic carbocycles. The van der Waals surface area contributed by atoms with Gasteiger partial charge < -0.3 is 8.37 Å². The molecule has 41 heavy (non-hydrogen) atoms. The van der Waals surface area contributed by atoms with Crippen molar-refractivity contribution in [1.82, 2.24) is 0 Å². The molecule has 0 aliphatic heterocycles. The zero-order valence-corrected chi connectivity index (χ0v) is 26.3. The van der Waals surface area contributed by atoms with E-state index in [1.54, 1.807) is 38.1 Å². The molecule has 0 aliphatic carbocycles. The Morgan fingerprint density at radius 1 is 0.488 bits per heavy atom. The fraction of sp³-hybridized carbons (Fsp3) is 0.273. The molecular formula is C33H36O6S2. The first-order valence-corrected chi connectivity index (χ1v) is 16.1. The molecule has 0 spiro atoms. The molecule has 0 unspecified atom stereocenters. The first-order chi connectivity index (χ1) is 19.0. The zero-order chi connectivity index (χ0) is 30.3. The van der Waals surface area contributed by atoms with Gasteiger partial charge in [0.2, 0.25) is 0 Å². The third-order valence-corrected chi connectivity index (χ3v) is 9.66. The predicted octanol–water partition coefficient (Wildman–Crippen LogP) is 7.40. The normalized spacial score (nSPS) is 12.3. The second-order valence-corrected chi connectivity index (χ2v) is 14.3. The summed E-state index contributed by atoms with van der Waals surface area (Å²) in [5.74, 6) is 0.403. The topological polar surface area (TPSA) is 86.7 Å². The Balaban J connectivity index is 1.88. The minimum atomic E-state index is -4.15. The quantitative estimate of drug-likeness (QED) is 0.198. The summed E-state index contributed by atoms with van der Waals surface area (Å²) < 4.78 is 65.2. The number of hydrogen-bond acceptors (Lipinski definition) is 6. The lowest BCUT2D eigenvalue weighted by molar-refractivity contribution is 0.462. The highest BCUT2D eigenvalue weighted by molar-refractivity contribution is 7.87. The van der Waals surface area contributed by atoms with E-state index in [1.165, 1.54) is 24.3 Å². The monoisotopic (exact) mass is 592 g/mol. The first kappa shape index (κ1) is 30.3. The van der Waals surface area contributed by atoms with E-state index in [9.17, 15) is 16.8 Å². The molecule has 0 fully saturated rings. The van der Waals surface area contributed by atoms with Gasteiger partial charge in [-0.2, -0.15) is 16.8 Å². The molecule has 0 heterocycles. The molecule has 4 aromatic rings. The molecule has 216 valence electrons. The molecule has 0 saturated heterocycles. The van der Waals surface area contributed by atoms with Gasteiger partial charge in [0.15, 0.2) is 0 Å². The summed E-state index contributed by atoms with van der Waals surface area (Å²) in [7, 11) is -8.30. The van der Waals surface area contributed by atoms with Crippen LogP contribution in [0, 0.1) is 41.5 Å². The van der Waals surface area contributed by atoms with Gasteiger partial charge in [-0.25, -0.2) is 0 Å². The highest BCUT2D eigenvalue weighted by Gasteiger charge is 2.35. The van der Waals surface area contributed by atoms with Crippen molar-refractivity contribution in [1.29, 1.82) is 0 Å². The summed E-state index contributed by atoms with van der Waals surface area (Å²) in [5.41, 5.74) is 5.21. The minimum Gasteiger partial charge on any atom is -0.378 e. The van der Waals surface area contributed by atoms with Crippen LogP contribution in [0.25, 0.3) is 0 Å². The summed E-state index contributed by atoms with van der Waals surface area (Å²) in [5, 5.41) is 0. The molecular weight excluding hydrogens is 556 g/mol. The van der Waals surface area contributed by atoms with Crippen molar-refractivity contribution >= 4 is 20.2 Å². The molecule has 0 aliphatic rings. The Kier molecular flexibility index (Phi) is 8.13. The molecule has 6 nitrogen and oxygen atoms in total. The van der Waals surface area contributed by atoms with Crippen LogP contribution in [-0.4, -0.2) is 16.8 Å². The standard InChI is InChI=1S/C33H36O6S2/c1-21-9-13-27(14-10-21)40(34,35)38-31-25(5)17-23(3)19-29(31)33(7,8)30-20-24(4)18-26(6)32(30)39-41(36,37)28-15-11-22(2)12-16-28/h9-20H,1-8H3. The Bertz CT molecular complexity index is 1680. The average molecular weight is 593 g/mol. The van der Waals surface area contributed by atoms with Crippen molar-refractivity contribution < 1.29 is 25.2 Å². The summed E-state index contributed by atoms with van der Waals surface area (Å²) in [4.78, 5) is 0.0953. The van der Waals surface area contributed by atoms with Crippen molar-refractivity contribution in [3.8, 4) is 11.5 Å². The summed E-state index contributed by atoms with van der Waals surface area (Å²) in [6.07, 6.45) is 0. The fourth-order valence-electron chi connectivity index (χ4n) is 4.93. The van der Waals surface area contributed by atoms with Crippen molar-refractivity contribution in [3.05, 3.63) is 117 Å². The molecule has 8 heteroatoms. The van der Waals surface area contributed by atoms with E-state index < -0.39 is 25.7 Å². The molecule has 0 radical (unpaired) electrons. The number of hydrogen-bond donors (Lipinski definition) is 0. The SMILES string of the molecule is Cc1ccc(S(=O)(=O)Oc2c(C)cc(C)cc2C(C)(C)c2cc(C)cc(C)c2OS(=O)(=O)c2ccc(C)cc2)cc1. The lowest BCUT2D eigenvalue weighted by Gasteiger charge is -2.31. The van der Waals surface area contributed by atoms with Gasteiger partial charge in [-0.3, -0.25) is 0 Å². The van der Waals surface area contributed by atoms with Crippen LogP contribution >= 0.6 is 0 Å². The van der Waals surface area contributed by atoms with Gasteiger partial charge in [-0.1, -0.05) is 84.6 Å². The molecule has 0 atom stereocenters. The van der Waals surface area contributed by atoms with Crippen LogP contribution in [0.4, 0.5) is 0 Å². The van der Waals surface area contributed by atoms with Crippen LogP contribution in [-0.2, 0) is 25.7 Å². The van der Waals surface area contributed by atoms with Gasteiger partial charge in [0.05, 0.1) is 0 Å². The largest absolute Gasteiger partial charge is 0.378 e. The van der Waals surface area contributed by atoms with E-state index in [4.69, 9.17) is 8.37 Å². The van der Waals surface area contributed by atoms with E-state index >= 15 is 0 Å². The van der Waals surface area contributed by atoms with Gasteiger partial charge in [0.25, 0.3) is 0 Å². The van der Waals surface area contributed by atoms with Gasteiger partial charge >= 0.3 is 20.2 Å². The van der Waals surface area contributed by atoms with Crippen LogP contribution in [0.3, 0.4) is 0 Å². The average Bonchev–Trinajstić information content (AvgIpc) is 2.87. The number of rotatable bonds is 8. The highest BCUT2D eigenvalue weighted by atomic mass is 32.2. The van der Waals surface area contributed by atoms with Gasteiger partial charge in [-0.05, 0) is 76.9 Å². The highest BCUT2D eigenvalue weighted by Crippen LogP contribution is 2.45. The second kappa shape index (κ2) is 11.0. The Hall–Kier alpha value is -3.62. The Morgan fingerprint density at radius 3 is 1.12 bits per heavy atom. The van der Waals surface area contributed by atoms with E-state index in [0.717, 1.165) is 22.3 Å². The van der Waals surface area contributed by atoms with Crippen molar-refractivity contribution in [2.45, 2.75) is 70.6 Å². The van der Waals surface area contributed by atoms with E-state index in [1.807, 2.05) is 65.8 Å². The minimum absolute atomic E-state index is 0.0476.